The predicted octanol–water partition coefficient (Wildman–Crippen LogP) is 4.49. The topological polar surface area (TPSA) is 138 Å². The Labute approximate surface area is 231 Å². The maximum atomic E-state index is 15.6. The molecule has 0 radical (unpaired) electrons. The van der Waals surface area contributed by atoms with Crippen molar-refractivity contribution < 1.29 is 34.8 Å². The summed E-state index contributed by atoms with van der Waals surface area (Å²) < 4.78 is 103. The van der Waals surface area contributed by atoms with E-state index in [9.17, 15) is 26.4 Å². The molecule has 2 bridgehead atoms. The second kappa shape index (κ2) is 9.37. The number of benzene rings is 1. The zero-order valence-corrected chi connectivity index (χ0v) is 22.2. The third kappa shape index (κ3) is 4.36. The molecule has 6 aromatic rings. The summed E-state index contributed by atoms with van der Waals surface area (Å²) >= 11 is 0. The van der Waals surface area contributed by atoms with Gasteiger partial charge >= 0.3 is 11.9 Å². The fraction of sp³-hybridized carbons (Fsp3) is 0.200. The molecule has 0 saturated carbocycles. The molecule has 5 heterocycles. The van der Waals surface area contributed by atoms with Gasteiger partial charge in [-0.05, 0) is 24.1 Å². The molecule has 0 saturated heterocycles. The number of alkyl halides is 3. The summed E-state index contributed by atoms with van der Waals surface area (Å²) in [5.74, 6) is -5.21. The van der Waals surface area contributed by atoms with Crippen LogP contribution in [0.3, 0.4) is 0 Å². The van der Waals surface area contributed by atoms with E-state index in [0.717, 1.165) is 16.5 Å². The van der Waals surface area contributed by atoms with E-state index in [-0.39, 0.29) is 43.1 Å². The average molecular weight is 606 g/mol. The molecule has 0 aliphatic rings. The van der Waals surface area contributed by atoms with E-state index in [1.807, 2.05) is 0 Å². The molecule has 0 amide bonds. The summed E-state index contributed by atoms with van der Waals surface area (Å²) in [7, 11) is -4.75. The highest BCUT2D eigenvalue weighted by atomic mass is 32.2. The summed E-state index contributed by atoms with van der Waals surface area (Å²) in [5, 5.41) is 2.32. The van der Waals surface area contributed by atoms with E-state index >= 15 is 8.78 Å². The van der Waals surface area contributed by atoms with Crippen LogP contribution in [0.15, 0.2) is 52.1 Å². The van der Waals surface area contributed by atoms with E-state index in [4.69, 9.17) is 4.42 Å². The lowest BCUT2D eigenvalue weighted by molar-refractivity contribution is -0.144. The van der Waals surface area contributed by atoms with Crippen LogP contribution in [0.2, 0.25) is 0 Å². The summed E-state index contributed by atoms with van der Waals surface area (Å²) in [4.78, 5) is 29.0. The minimum absolute atomic E-state index is 0.0171. The number of hydrogen-bond donors (Lipinski definition) is 0. The van der Waals surface area contributed by atoms with Crippen molar-refractivity contribution in [2.24, 2.45) is 0 Å². The van der Waals surface area contributed by atoms with Crippen LogP contribution in [-0.2, 0) is 22.0 Å². The first-order valence-electron chi connectivity index (χ1n) is 12.1. The number of halogens is 5. The molecule has 0 aliphatic carbocycles. The lowest BCUT2D eigenvalue weighted by Gasteiger charge is -2.12. The number of pyridine rings is 2. The van der Waals surface area contributed by atoms with E-state index in [0.29, 0.717) is 12.0 Å². The van der Waals surface area contributed by atoms with Crippen molar-refractivity contribution >= 4 is 48.6 Å². The Hall–Kier alpha value is -4.80. The minimum Gasteiger partial charge on any atom is -0.454 e. The monoisotopic (exact) mass is 605 g/mol. The normalized spacial score (nSPS) is 12.8. The van der Waals surface area contributed by atoms with Crippen molar-refractivity contribution in [2.45, 2.75) is 31.7 Å². The molecule has 216 valence electrons. The molecule has 0 spiro atoms. The maximum Gasteiger partial charge on any atom is 0.453 e. The minimum atomic E-state index is -5.02. The van der Waals surface area contributed by atoms with Crippen LogP contribution in [0.4, 0.5) is 22.0 Å². The van der Waals surface area contributed by atoms with Gasteiger partial charge in [-0.2, -0.15) is 18.2 Å². The van der Waals surface area contributed by atoms with Crippen molar-refractivity contribution in [3.63, 3.8) is 0 Å². The third-order valence-electron chi connectivity index (χ3n) is 6.35. The van der Waals surface area contributed by atoms with Gasteiger partial charge in [0.15, 0.2) is 17.0 Å². The highest BCUT2D eigenvalue weighted by Crippen LogP contribution is 2.31. The fourth-order valence-corrected chi connectivity index (χ4v) is 5.63. The molecule has 17 heteroatoms. The molecular formula is C25H16F5N7O4S. The van der Waals surface area contributed by atoms with Crippen LogP contribution in [-0.4, -0.2) is 41.9 Å². The largest absolute Gasteiger partial charge is 0.454 e. The number of fused-ring (bicyclic) bond motifs is 5. The second-order valence-electron chi connectivity index (χ2n) is 9.47. The fourth-order valence-electron chi connectivity index (χ4n) is 4.54. The van der Waals surface area contributed by atoms with Gasteiger partial charge in [-0.3, -0.25) is 4.98 Å². The molecule has 11 nitrogen and oxygen atoms in total. The Bertz CT molecular complexity index is 2280. The van der Waals surface area contributed by atoms with E-state index in [1.165, 1.54) is 24.4 Å². The Morgan fingerprint density at radius 1 is 1.02 bits per heavy atom. The van der Waals surface area contributed by atoms with Gasteiger partial charge in [0.2, 0.25) is 0 Å². The molecule has 6 rings (SSSR count). The molecule has 0 atom stereocenters. The average Bonchev–Trinajstić information content (AvgIpc) is 3.43. The van der Waals surface area contributed by atoms with Gasteiger partial charge in [0.25, 0.3) is 15.8 Å². The molecular weight excluding hydrogens is 589 g/mol. The van der Waals surface area contributed by atoms with Crippen LogP contribution in [0.25, 0.3) is 38.6 Å². The quantitative estimate of drug-likeness (QED) is 0.266. The summed E-state index contributed by atoms with van der Waals surface area (Å²) in [6, 6.07) is 6.00. The van der Waals surface area contributed by atoms with E-state index < -0.39 is 56.3 Å². The van der Waals surface area contributed by atoms with Crippen molar-refractivity contribution in [3.8, 4) is 0 Å². The molecule has 1 aromatic carbocycles. The molecule has 0 unspecified atom stereocenters. The smallest absolute Gasteiger partial charge is 0.453 e. The van der Waals surface area contributed by atoms with Crippen molar-refractivity contribution in [1.82, 2.24) is 33.5 Å². The van der Waals surface area contributed by atoms with Crippen LogP contribution in [0.5, 0.6) is 0 Å². The number of nitrogens with zero attached hydrogens (tertiary/aromatic N) is 7. The first kappa shape index (κ1) is 27.4. The van der Waals surface area contributed by atoms with Gasteiger partial charge in [0.05, 0.1) is 16.8 Å². The number of hydrogen-bond acceptors (Lipinski definition) is 9. The van der Waals surface area contributed by atoms with E-state index in [2.05, 4.69) is 25.0 Å². The van der Waals surface area contributed by atoms with Gasteiger partial charge in [-0.1, -0.05) is 19.9 Å². The van der Waals surface area contributed by atoms with Gasteiger partial charge in [0, 0.05) is 17.6 Å². The highest BCUT2D eigenvalue weighted by molar-refractivity contribution is 7.89. The first-order chi connectivity index (χ1) is 19.8. The number of aromatic nitrogens is 7. The summed E-state index contributed by atoms with van der Waals surface area (Å²) in [5.41, 5.74) is -2.20. The lowest BCUT2D eigenvalue weighted by Crippen LogP contribution is -2.24. The summed E-state index contributed by atoms with van der Waals surface area (Å²) in [6.45, 7) is 3.55. The number of rotatable bonds is 4. The highest BCUT2D eigenvalue weighted by Gasteiger charge is 2.37. The predicted molar refractivity (Wildman–Crippen MR) is 138 cm³/mol. The Morgan fingerprint density at radius 3 is 2.48 bits per heavy atom. The van der Waals surface area contributed by atoms with Crippen molar-refractivity contribution in [1.29, 1.82) is 0 Å². The maximum absolute atomic E-state index is 15.6. The van der Waals surface area contributed by atoms with Gasteiger partial charge < -0.3 is 4.42 Å². The molecule has 5 aromatic heterocycles. The summed E-state index contributed by atoms with van der Waals surface area (Å²) in [6.07, 6.45) is -3.28. The molecule has 42 heavy (non-hydrogen) atoms. The molecule has 0 aliphatic heterocycles. The molecule has 0 N–H and O–H groups in total. The standard InChI is InChI=1S/C25H16F5N7O4S/c1-11(2)19-21-17(6-7-31-19)41-16-5-3-4-13(26)18(16)20-14(27)8-12-15(33-24(38)37(21)22(12)34-20)9-42(39,40)36-10-32-23(35-36)25(28,29)30/h3-8,10-11H,9H2,1-2H3. The van der Waals surface area contributed by atoms with Crippen molar-refractivity contribution in [2.75, 3.05) is 0 Å². The van der Waals surface area contributed by atoms with Gasteiger partial charge in [-0.25, -0.2) is 36.4 Å². The second-order valence-corrected chi connectivity index (χ2v) is 11.3. The SMILES string of the molecule is CC(C)c1nccc2oc3cccc(F)c3c3nc4c(cc3F)c(CS(=O)(=O)n3cnc(C(F)(F)F)n3)nc(=O)n4c12. The Balaban J connectivity index is 1.76. The zero-order chi connectivity index (χ0) is 30.1. The van der Waals surface area contributed by atoms with Crippen molar-refractivity contribution in [3.05, 3.63) is 82.2 Å². The zero-order valence-electron chi connectivity index (χ0n) is 21.4. The van der Waals surface area contributed by atoms with Crippen LogP contribution >= 0.6 is 0 Å². The van der Waals surface area contributed by atoms with Crippen LogP contribution < -0.4 is 5.69 Å². The molecule has 0 fully saturated rings. The third-order valence-corrected chi connectivity index (χ3v) is 7.73. The Morgan fingerprint density at radius 2 is 1.79 bits per heavy atom. The van der Waals surface area contributed by atoms with Crippen LogP contribution in [0.1, 0.15) is 37.0 Å². The van der Waals surface area contributed by atoms with Gasteiger partial charge in [-0.15, -0.1) is 9.19 Å². The Kier molecular flexibility index (Phi) is 6.10. The lowest BCUT2D eigenvalue weighted by atomic mass is 10.1. The van der Waals surface area contributed by atoms with Crippen LogP contribution in [0, 0.1) is 11.6 Å². The first-order valence-corrected chi connectivity index (χ1v) is 13.7. The van der Waals surface area contributed by atoms with Gasteiger partial charge in [0.1, 0.15) is 34.5 Å². The van der Waals surface area contributed by atoms with E-state index in [1.54, 1.807) is 13.8 Å².